The average molecular weight is 187 g/mol. The zero-order valence-corrected chi connectivity index (χ0v) is 9.64. The number of nitrogens with zero attached hydrogens (tertiary/aromatic N) is 1. The summed E-state index contributed by atoms with van der Waals surface area (Å²) in [5, 5.41) is 8.91. The highest BCUT2D eigenvalue weighted by atomic mass is 16.3. The molecule has 0 radical (unpaired) electrons. The van der Waals surface area contributed by atoms with Crippen LogP contribution in [0.5, 0.6) is 0 Å². The lowest BCUT2D eigenvalue weighted by Gasteiger charge is -2.35. The quantitative estimate of drug-likeness (QED) is 0.645. The number of hydrogen-bond donors (Lipinski definition) is 1. The molecule has 0 atom stereocenters. The molecule has 0 spiro atoms. The Hall–Kier alpha value is -0.0800. The number of unbranched alkanes of at least 4 members (excludes halogenated alkanes) is 2. The summed E-state index contributed by atoms with van der Waals surface area (Å²) in [5.74, 6) is 0. The van der Waals surface area contributed by atoms with E-state index in [2.05, 4.69) is 32.6 Å². The van der Waals surface area contributed by atoms with Crippen molar-refractivity contribution in [1.82, 2.24) is 4.90 Å². The second kappa shape index (κ2) is 6.39. The van der Waals surface area contributed by atoms with Crippen LogP contribution in [0.4, 0.5) is 0 Å². The molecule has 0 fully saturated rings. The first-order chi connectivity index (χ1) is 6.02. The normalized spacial score (nSPS) is 12.5. The van der Waals surface area contributed by atoms with E-state index >= 15 is 0 Å². The van der Waals surface area contributed by atoms with Crippen LogP contribution in [-0.4, -0.2) is 35.2 Å². The van der Waals surface area contributed by atoms with E-state index < -0.39 is 0 Å². The van der Waals surface area contributed by atoms with Gasteiger partial charge in [-0.15, -0.1) is 0 Å². The van der Waals surface area contributed by atoms with Crippen molar-refractivity contribution in [1.29, 1.82) is 0 Å². The molecule has 0 saturated heterocycles. The molecule has 0 heterocycles. The largest absolute Gasteiger partial charge is 0.395 e. The van der Waals surface area contributed by atoms with Gasteiger partial charge in [-0.25, -0.2) is 0 Å². The molecule has 0 amide bonds. The van der Waals surface area contributed by atoms with Crippen molar-refractivity contribution < 1.29 is 5.11 Å². The zero-order chi connectivity index (χ0) is 10.3. The predicted molar refractivity (Wildman–Crippen MR) is 57.9 cm³/mol. The standard InChI is InChI=1S/C11H25NO/c1-5-6-7-8-12(9-10-13)11(2,3)4/h13H,5-10H2,1-4H3. The van der Waals surface area contributed by atoms with Crippen LogP contribution >= 0.6 is 0 Å². The molecule has 2 heteroatoms. The van der Waals surface area contributed by atoms with Gasteiger partial charge in [0, 0.05) is 12.1 Å². The minimum atomic E-state index is 0.191. The number of rotatable bonds is 6. The number of aliphatic hydroxyl groups is 1. The monoisotopic (exact) mass is 187 g/mol. The molecule has 0 aliphatic carbocycles. The van der Waals surface area contributed by atoms with E-state index in [9.17, 15) is 0 Å². The third-order valence-electron chi connectivity index (χ3n) is 2.35. The first-order valence-corrected chi connectivity index (χ1v) is 5.38. The highest BCUT2D eigenvalue weighted by Crippen LogP contribution is 2.13. The van der Waals surface area contributed by atoms with Crippen LogP contribution in [0.1, 0.15) is 47.0 Å². The number of β-amino-alcohol motifs (C(OH)–C–C–N with tert-alkyl or cyclic N) is 1. The topological polar surface area (TPSA) is 23.5 Å². The molecule has 2 nitrogen and oxygen atoms in total. The Kier molecular flexibility index (Phi) is 6.35. The van der Waals surface area contributed by atoms with Gasteiger partial charge in [-0.3, -0.25) is 4.90 Å². The fraction of sp³-hybridized carbons (Fsp3) is 1.00. The third kappa shape index (κ3) is 6.05. The molecule has 0 saturated carbocycles. The fourth-order valence-corrected chi connectivity index (χ4v) is 1.46. The van der Waals surface area contributed by atoms with Crippen molar-refractivity contribution in [3.63, 3.8) is 0 Å². The maximum absolute atomic E-state index is 8.91. The van der Waals surface area contributed by atoms with Crippen LogP contribution in [0.25, 0.3) is 0 Å². The molecule has 0 aromatic carbocycles. The van der Waals surface area contributed by atoms with Crippen molar-refractivity contribution in [3.8, 4) is 0 Å². The lowest BCUT2D eigenvalue weighted by Crippen LogP contribution is -2.43. The van der Waals surface area contributed by atoms with Crippen LogP contribution in [0.2, 0.25) is 0 Å². The van der Waals surface area contributed by atoms with E-state index in [4.69, 9.17) is 5.11 Å². The highest BCUT2D eigenvalue weighted by Gasteiger charge is 2.19. The van der Waals surface area contributed by atoms with Gasteiger partial charge in [0.2, 0.25) is 0 Å². The van der Waals surface area contributed by atoms with Crippen LogP contribution in [0, 0.1) is 0 Å². The van der Waals surface area contributed by atoms with Crippen molar-refractivity contribution in [3.05, 3.63) is 0 Å². The van der Waals surface area contributed by atoms with Crippen molar-refractivity contribution in [2.24, 2.45) is 0 Å². The van der Waals surface area contributed by atoms with E-state index in [1.165, 1.54) is 19.3 Å². The summed E-state index contributed by atoms with van der Waals surface area (Å²) in [5.41, 5.74) is 0.191. The predicted octanol–water partition coefficient (Wildman–Crippen LogP) is 2.27. The summed E-state index contributed by atoms with van der Waals surface area (Å²) in [6, 6.07) is 0. The molecule has 0 rings (SSSR count). The van der Waals surface area contributed by atoms with Crippen LogP contribution in [0.15, 0.2) is 0 Å². The molecule has 0 aliphatic heterocycles. The average Bonchev–Trinajstić information content (AvgIpc) is 2.01. The summed E-state index contributed by atoms with van der Waals surface area (Å²) in [4.78, 5) is 2.35. The van der Waals surface area contributed by atoms with E-state index in [0.717, 1.165) is 13.1 Å². The second-order valence-corrected chi connectivity index (χ2v) is 4.59. The van der Waals surface area contributed by atoms with Gasteiger partial charge in [0.05, 0.1) is 6.61 Å². The molecule has 13 heavy (non-hydrogen) atoms. The molecule has 0 unspecified atom stereocenters. The number of hydrogen-bond acceptors (Lipinski definition) is 2. The Morgan fingerprint density at radius 3 is 2.08 bits per heavy atom. The van der Waals surface area contributed by atoms with E-state index in [1.807, 2.05) is 0 Å². The SMILES string of the molecule is CCCCCN(CCO)C(C)(C)C. The van der Waals surface area contributed by atoms with Gasteiger partial charge in [-0.05, 0) is 33.7 Å². The molecular weight excluding hydrogens is 162 g/mol. The Bertz CT molecular complexity index is 118. The van der Waals surface area contributed by atoms with Crippen molar-refractivity contribution in [2.75, 3.05) is 19.7 Å². The van der Waals surface area contributed by atoms with E-state index in [-0.39, 0.29) is 12.1 Å². The first kappa shape index (κ1) is 12.9. The molecular formula is C11H25NO. The lowest BCUT2D eigenvalue weighted by atomic mass is 10.1. The maximum Gasteiger partial charge on any atom is 0.0558 e. The highest BCUT2D eigenvalue weighted by molar-refractivity contribution is 4.75. The second-order valence-electron chi connectivity index (χ2n) is 4.59. The third-order valence-corrected chi connectivity index (χ3v) is 2.35. The van der Waals surface area contributed by atoms with Gasteiger partial charge in [0.1, 0.15) is 0 Å². The van der Waals surface area contributed by atoms with Crippen molar-refractivity contribution in [2.45, 2.75) is 52.5 Å². The summed E-state index contributed by atoms with van der Waals surface area (Å²) in [6.45, 7) is 11.0. The van der Waals surface area contributed by atoms with Crippen LogP contribution in [0.3, 0.4) is 0 Å². The zero-order valence-electron chi connectivity index (χ0n) is 9.64. The molecule has 0 aliphatic rings. The molecule has 0 aromatic heterocycles. The van der Waals surface area contributed by atoms with Gasteiger partial charge >= 0.3 is 0 Å². The first-order valence-electron chi connectivity index (χ1n) is 5.38. The van der Waals surface area contributed by atoms with Gasteiger partial charge in [0.15, 0.2) is 0 Å². The van der Waals surface area contributed by atoms with Gasteiger partial charge < -0.3 is 5.11 Å². The summed E-state index contributed by atoms with van der Waals surface area (Å²) >= 11 is 0. The minimum absolute atomic E-state index is 0.191. The summed E-state index contributed by atoms with van der Waals surface area (Å²) < 4.78 is 0. The lowest BCUT2D eigenvalue weighted by molar-refractivity contribution is 0.104. The van der Waals surface area contributed by atoms with Crippen LogP contribution in [-0.2, 0) is 0 Å². The Morgan fingerprint density at radius 2 is 1.69 bits per heavy atom. The Morgan fingerprint density at radius 1 is 1.08 bits per heavy atom. The summed E-state index contributed by atoms with van der Waals surface area (Å²) in [6.07, 6.45) is 3.79. The maximum atomic E-state index is 8.91. The minimum Gasteiger partial charge on any atom is -0.395 e. The molecule has 1 N–H and O–H groups in total. The van der Waals surface area contributed by atoms with E-state index in [1.54, 1.807) is 0 Å². The van der Waals surface area contributed by atoms with Crippen molar-refractivity contribution >= 4 is 0 Å². The number of aliphatic hydroxyl groups excluding tert-OH is 1. The molecule has 80 valence electrons. The van der Waals surface area contributed by atoms with Gasteiger partial charge in [0.25, 0.3) is 0 Å². The van der Waals surface area contributed by atoms with Gasteiger partial charge in [-0.1, -0.05) is 19.8 Å². The Balaban J connectivity index is 3.81. The molecule has 0 aromatic rings. The summed E-state index contributed by atoms with van der Waals surface area (Å²) in [7, 11) is 0. The smallest absolute Gasteiger partial charge is 0.0558 e. The Labute approximate surface area is 82.9 Å². The molecule has 0 bridgehead atoms. The van der Waals surface area contributed by atoms with E-state index in [0.29, 0.717) is 0 Å². The fourth-order valence-electron chi connectivity index (χ4n) is 1.46. The van der Waals surface area contributed by atoms with Crippen LogP contribution < -0.4 is 0 Å². The van der Waals surface area contributed by atoms with Gasteiger partial charge in [-0.2, -0.15) is 0 Å².